The molecule has 2 aromatic carbocycles. The third kappa shape index (κ3) is 7.30. The maximum absolute atomic E-state index is 14.4. The molecule has 3 aliphatic rings. The van der Waals surface area contributed by atoms with E-state index in [1.165, 1.54) is 0 Å². The van der Waals surface area contributed by atoms with Crippen LogP contribution in [0.4, 0.5) is 11.6 Å². The predicted octanol–water partition coefficient (Wildman–Crippen LogP) is 6.94. The number of pyridine rings is 4. The molecule has 0 radical (unpaired) electrons. The summed E-state index contributed by atoms with van der Waals surface area (Å²) in [6.45, 7) is 8.55. The lowest BCUT2D eigenvalue weighted by Gasteiger charge is -2.30. The number of hydrogen-bond acceptors (Lipinski definition) is 11. The summed E-state index contributed by atoms with van der Waals surface area (Å²) in [5.41, 5.74) is 21.9. The first-order valence-corrected chi connectivity index (χ1v) is 20.1. The van der Waals surface area contributed by atoms with Crippen molar-refractivity contribution >= 4 is 45.3 Å². The largest absolute Gasteiger partial charge is 0.383 e. The second kappa shape index (κ2) is 15.4. The molecule has 1 fully saturated rings. The molecule has 0 spiro atoms. The molecule has 2 aliphatic heterocycles. The molecule has 6 aromatic rings. The SMILES string of the molecule is CC(C)N(Cc1ccc(C2CC2CC(C)N(Cc2ccc(C#N)cn2)C(=O)c2ccc3nc(N)c4c(c3c2)COC4)nc1)C(=O)c1ccc2nc(N)c3c(c2c1)COC3. The molecule has 59 heavy (non-hydrogen) atoms. The minimum Gasteiger partial charge on any atom is -0.383 e. The molecule has 4 aromatic heterocycles. The Morgan fingerprint density at radius 1 is 0.763 bits per heavy atom. The second-order valence-electron chi connectivity index (χ2n) is 16.2. The van der Waals surface area contributed by atoms with Crippen molar-refractivity contribution in [2.75, 3.05) is 11.5 Å². The van der Waals surface area contributed by atoms with Crippen molar-refractivity contribution in [2.45, 2.75) is 91.1 Å². The third-order valence-corrected chi connectivity index (χ3v) is 12.1. The van der Waals surface area contributed by atoms with Gasteiger partial charge in [-0.3, -0.25) is 19.6 Å². The predicted molar refractivity (Wildman–Crippen MR) is 222 cm³/mol. The van der Waals surface area contributed by atoms with Crippen molar-refractivity contribution in [3.05, 3.63) is 129 Å². The fraction of sp³-hybridized carbons (Fsp3) is 0.326. The number of carbonyl (C=O) groups is 2. The minimum atomic E-state index is -0.119. The van der Waals surface area contributed by atoms with Gasteiger partial charge in [0.25, 0.3) is 11.8 Å². The van der Waals surface area contributed by atoms with Gasteiger partial charge in [0.2, 0.25) is 0 Å². The van der Waals surface area contributed by atoms with E-state index in [-0.39, 0.29) is 29.8 Å². The standard InChI is InChI=1S/C46H45N9O4/c1-25(2)54(45(56)29-6-10-41-34(13-29)36-21-58-23-38(36)43(48)52-41)19-28-5-9-40(51-18-28)33-15-31(33)12-26(3)55(20-32-8-4-27(16-47)17-50-32)46(57)30-7-11-42-35(14-30)37-22-59-24-39(37)44(49)53-42/h4-11,13-14,17-18,25-26,31,33H,12,15,19-24H2,1-3H3,(H2,48,52)(H2,49,53). The summed E-state index contributed by atoms with van der Waals surface area (Å²) in [6.07, 6.45) is 5.17. The average molecular weight is 788 g/mol. The van der Waals surface area contributed by atoms with Gasteiger partial charge < -0.3 is 30.7 Å². The van der Waals surface area contributed by atoms with E-state index in [0.717, 1.165) is 68.2 Å². The number of nitrogens with two attached hydrogens (primary N) is 2. The average Bonchev–Trinajstić information content (AvgIpc) is 3.57. The van der Waals surface area contributed by atoms with E-state index in [0.29, 0.717) is 79.5 Å². The number of amides is 2. The quantitative estimate of drug-likeness (QED) is 0.138. The van der Waals surface area contributed by atoms with Gasteiger partial charge in [-0.15, -0.1) is 0 Å². The van der Waals surface area contributed by atoms with Crippen LogP contribution in [0, 0.1) is 17.2 Å². The summed E-state index contributed by atoms with van der Waals surface area (Å²) >= 11 is 0. The Hall–Kier alpha value is -6.49. The fourth-order valence-corrected chi connectivity index (χ4v) is 8.60. The molecule has 298 valence electrons. The number of anilines is 2. The lowest BCUT2D eigenvalue weighted by Crippen LogP contribution is -2.38. The number of nitriles is 1. The van der Waals surface area contributed by atoms with Crippen LogP contribution < -0.4 is 11.5 Å². The summed E-state index contributed by atoms with van der Waals surface area (Å²) in [6, 6.07) is 20.8. The van der Waals surface area contributed by atoms with E-state index in [1.807, 2.05) is 60.2 Å². The summed E-state index contributed by atoms with van der Waals surface area (Å²) in [7, 11) is 0. The summed E-state index contributed by atoms with van der Waals surface area (Å²) < 4.78 is 11.4. The highest BCUT2D eigenvalue weighted by molar-refractivity contribution is 6.00. The molecule has 13 nitrogen and oxygen atoms in total. The zero-order chi connectivity index (χ0) is 40.9. The molecule has 13 heteroatoms. The number of nitrogens with zero attached hydrogens (tertiary/aromatic N) is 7. The molecule has 6 heterocycles. The number of nitrogen functional groups attached to an aromatic ring is 2. The van der Waals surface area contributed by atoms with E-state index in [9.17, 15) is 14.9 Å². The van der Waals surface area contributed by atoms with Crippen molar-refractivity contribution in [2.24, 2.45) is 5.92 Å². The van der Waals surface area contributed by atoms with Crippen LogP contribution in [0.25, 0.3) is 21.8 Å². The lowest BCUT2D eigenvalue weighted by atomic mass is 10.0. The Bertz CT molecular complexity index is 2680. The van der Waals surface area contributed by atoms with Gasteiger partial charge in [0, 0.05) is 75.7 Å². The Labute approximate surface area is 342 Å². The van der Waals surface area contributed by atoms with Crippen molar-refractivity contribution in [3.63, 3.8) is 0 Å². The van der Waals surface area contributed by atoms with Crippen LogP contribution in [0.5, 0.6) is 0 Å². The van der Waals surface area contributed by atoms with Crippen LogP contribution in [0.15, 0.2) is 73.1 Å². The van der Waals surface area contributed by atoms with Crippen LogP contribution in [0.1, 0.15) is 105 Å². The summed E-state index contributed by atoms with van der Waals surface area (Å²) in [5, 5.41) is 11.1. The van der Waals surface area contributed by atoms with Crippen molar-refractivity contribution in [1.82, 2.24) is 29.7 Å². The Balaban J connectivity index is 0.895. The molecule has 3 unspecified atom stereocenters. The third-order valence-electron chi connectivity index (χ3n) is 12.1. The first-order valence-electron chi connectivity index (χ1n) is 20.1. The number of ether oxygens (including phenoxy) is 2. The number of fused-ring (bicyclic) bond motifs is 6. The zero-order valence-corrected chi connectivity index (χ0v) is 33.3. The minimum absolute atomic E-state index is 0.0456. The van der Waals surface area contributed by atoms with Crippen LogP contribution in [-0.4, -0.2) is 53.6 Å². The lowest BCUT2D eigenvalue weighted by molar-refractivity contribution is 0.0657. The van der Waals surface area contributed by atoms with Crippen LogP contribution in [0.3, 0.4) is 0 Å². The Morgan fingerprint density at radius 3 is 1.92 bits per heavy atom. The number of rotatable bonds is 11. The van der Waals surface area contributed by atoms with Gasteiger partial charge in [-0.05, 0) is 111 Å². The normalized spacial score (nSPS) is 17.1. The molecule has 4 N–H and O–H groups in total. The molecular weight excluding hydrogens is 743 g/mol. The van der Waals surface area contributed by atoms with E-state index >= 15 is 0 Å². The van der Waals surface area contributed by atoms with E-state index in [2.05, 4.69) is 40.1 Å². The van der Waals surface area contributed by atoms with Gasteiger partial charge in [-0.25, -0.2) is 9.97 Å². The monoisotopic (exact) mass is 787 g/mol. The van der Waals surface area contributed by atoms with E-state index in [4.69, 9.17) is 25.9 Å². The van der Waals surface area contributed by atoms with Gasteiger partial charge in [0.1, 0.15) is 17.7 Å². The van der Waals surface area contributed by atoms with Crippen LogP contribution in [0.2, 0.25) is 0 Å². The maximum atomic E-state index is 14.4. The molecule has 3 atom stereocenters. The molecule has 9 rings (SSSR count). The number of aromatic nitrogens is 4. The highest BCUT2D eigenvalue weighted by Crippen LogP contribution is 2.50. The molecule has 1 saturated carbocycles. The van der Waals surface area contributed by atoms with Crippen LogP contribution >= 0.6 is 0 Å². The highest BCUT2D eigenvalue weighted by atomic mass is 16.5. The highest BCUT2D eigenvalue weighted by Gasteiger charge is 2.41. The van der Waals surface area contributed by atoms with Gasteiger partial charge in [-0.1, -0.05) is 6.07 Å². The van der Waals surface area contributed by atoms with Crippen molar-refractivity contribution in [3.8, 4) is 6.07 Å². The first kappa shape index (κ1) is 38.1. The molecule has 0 saturated heterocycles. The number of benzene rings is 2. The van der Waals surface area contributed by atoms with Crippen molar-refractivity contribution in [1.29, 1.82) is 5.26 Å². The van der Waals surface area contributed by atoms with Crippen LogP contribution in [-0.2, 0) is 49.0 Å². The number of hydrogen-bond donors (Lipinski definition) is 2. The molecular formula is C46H45N9O4. The Morgan fingerprint density at radius 2 is 1.37 bits per heavy atom. The molecule has 2 amide bonds. The van der Waals surface area contributed by atoms with Gasteiger partial charge in [0.05, 0.1) is 55.3 Å². The second-order valence-corrected chi connectivity index (χ2v) is 16.2. The van der Waals surface area contributed by atoms with Gasteiger partial charge >= 0.3 is 0 Å². The Kier molecular flexibility index (Phi) is 9.90. The van der Waals surface area contributed by atoms with Crippen molar-refractivity contribution < 1.29 is 19.1 Å². The van der Waals surface area contributed by atoms with E-state index < -0.39 is 0 Å². The summed E-state index contributed by atoms with van der Waals surface area (Å²) in [5.74, 6) is 1.38. The van der Waals surface area contributed by atoms with Gasteiger partial charge in [0.15, 0.2) is 0 Å². The molecule has 0 bridgehead atoms. The van der Waals surface area contributed by atoms with Gasteiger partial charge in [-0.2, -0.15) is 5.26 Å². The fourth-order valence-electron chi connectivity index (χ4n) is 8.60. The maximum Gasteiger partial charge on any atom is 0.254 e. The zero-order valence-electron chi connectivity index (χ0n) is 33.3. The first-order chi connectivity index (χ1) is 28.6. The summed E-state index contributed by atoms with van der Waals surface area (Å²) in [4.78, 5) is 50.6. The topological polar surface area (TPSA) is 186 Å². The van der Waals surface area contributed by atoms with E-state index in [1.54, 1.807) is 24.4 Å². The molecule has 1 aliphatic carbocycles. The number of carbonyl (C=O) groups excluding carboxylic acids is 2. The smallest absolute Gasteiger partial charge is 0.254 e.